The number of aryl methyl sites for hydroxylation is 1. The van der Waals surface area contributed by atoms with E-state index in [1.54, 1.807) is 31.2 Å². The highest BCUT2D eigenvalue weighted by Gasteiger charge is 2.17. The summed E-state index contributed by atoms with van der Waals surface area (Å²) in [7, 11) is -3.42. The smallest absolute Gasteiger partial charge is 0.333 e. The van der Waals surface area contributed by atoms with Crippen molar-refractivity contribution in [1.82, 2.24) is 0 Å². The van der Waals surface area contributed by atoms with Gasteiger partial charge in [-0.3, -0.25) is 0 Å². The minimum atomic E-state index is -3.42. The zero-order valence-corrected chi connectivity index (χ0v) is 11.3. The average Bonchev–Trinajstić information content (AvgIpc) is 2.28. The summed E-state index contributed by atoms with van der Waals surface area (Å²) in [5, 5.41) is 0. The highest BCUT2D eigenvalue weighted by atomic mass is 32.2. The van der Waals surface area contributed by atoms with Crippen LogP contribution in [-0.2, 0) is 19.4 Å². The Labute approximate surface area is 107 Å². The molecule has 0 N–H and O–H groups in total. The van der Waals surface area contributed by atoms with Crippen LogP contribution in [0.2, 0.25) is 0 Å². The zero-order chi connectivity index (χ0) is 13.8. The van der Waals surface area contributed by atoms with Gasteiger partial charge in [-0.1, -0.05) is 24.8 Å². The van der Waals surface area contributed by atoms with E-state index in [1.807, 2.05) is 0 Å². The fourth-order valence-corrected chi connectivity index (χ4v) is 2.75. The number of ether oxygens (including phenoxy) is 1. The van der Waals surface area contributed by atoms with Crippen LogP contribution >= 0.6 is 0 Å². The van der Waals surface area contributed by atoms with Gasteiger partial charge >= 0.3 is 5.97 Å². The fraction of sp³-hybridized carbons (Fsp3) is 0.308. The van der Waals surface area contributed by atoms with Crippen molar-refractivity contribution in [1.29, 1.82) is 0 Å². The van der Waals surface area contributed by atoms with Gasteiger partial charge in [0, 0.05) is 5.57 Å². The third kappa shape index (κ3) is 3.70. The second-order valence-corrected chi connectivity index (χ2v) is 6.08. The molecule has 4 nitrogen and oxygen atoms in total. The van der Waals surface area contributed by atoms with Crippen LogP contribution in [0, 0.1) is 6.92 Å². The van der Waals surface area contributed by atoms with Crippen molar-refractivity contribution in [3.05, 3.63) is 42.0 Å². The lowest BCUT2D eigenvalue weighted by molar-refractivity contribution is -0.138. The lowest BCUT2D eigenvalue weighted by atomic mass is 10.2. The van der Waals surface area contributed by atoms with Gasteiger partial charge in [-0.2, -0.15) is 0 Å². The molecule has 0 aromatic heterocycles. The van der Waals surface area contributed by atoms with E-state index >= 15 is 0 Å². The Hall–Kier alpha value is -1.62. The van der Waals surface area contributed by atoms with Gasteiger partial charge in [0.05, 0.1) is 10.6 Å². The molecule has 0 heterocycles. The first-order chi connectivity index (χ1) is 8.34. The molecule has 1 rings (SSSR count). The Bertz CT molecular complexity index is 558. The molecule has 1 aromatic carbocycles. The van der Waals surface area contributed by atoms with Crippen molar-refractivity contribution < 1.29 is 17.9 Å². The summed E-state index contributed by atoms with van der Waals surface area (Å²) in [6.07, 6.45) is 0. The number of hydrogen-bond donors (Lipinski definition) is 0. The van der Waals surface area contributed by atoms with Gasteiger partial charge < -0.3 is 4.74 Å². The summed E-state index contributed by atoms with van der Waals surface area (Å²) in [5.74, 6) is -0.799. The van der Waals surface area contributed by atoms with Gasteiger partial charge in [-0.25, -0.2) is 13.2 Å². The van der Waals surface area contributed by atoms with Gasteiger partial charge in [-0.15, -0.1) is 0 Å². The number of sulfone groups is 1. The Morgan fingerprint density at radius 3 is 2.50 bits per heavy atom. The first-order valence-corrected chi connectivity index (χ1v) is 7.11. The summed E-state index contributed by atoms with van der Waals surface area (Å²) in [4.78, 5) is 11.4. The molecular formula is C13H16O4S. The predicted octanol–water partition coefficient (Wildman–Crippen LogP) is 1.89. The molecule has 0 aliphatic rings. The third-order valence-corrected chi connectivity index (χ3v) is 4.19. The maximum absolute atomic E-state index is 12.0. The Kier molecular flexibility index (Phi) is 4.67. The van der Waals surface area contributed by atoms with Gasteiger partial charge in [0.1, 0.15) is 6.61 Å². The lowest BCUT2D eigenvalue weighted by Gasteiger charge is -2.08. The van der Waals surface area contributed by atoms with Crippen molar-refractivity contribution >= 4 is 15.8 Å². The van der Waals surface area contributed by atoms with E-state index in [-0.39, 0.29) is 22.8 Å². The number of esters is 1. The van der Waals surface area contributed by atoms with Gasteiger partial charge in [0.15, 0.2) is 9.84 Å². The van der Waals surface area contributed by atoms with Crippen molar-refractivity contribution in [2.24, 2.45) is 0 Å². The van der Waals surface area contributed by atoms with Crippen LogP contribution < -0.4 is 0 Å². The van der Waals surface area contributed by atoms with Crippen LogP contribution in [0.4, 0.5) is 0 Å². The molecular weight excluding hydrogens is 252 g/mol. The van der Waals surface area contributed by atoms with E-state index < -0.39 is 15.8 Å². The Balaban J connectivity index is 2.70. The predicted molar refractivity (Wildman–Crippen MR) is 69.0 cm³/mol. The number of rotatable bonds is 5. The van der Waals surface area contributed by atoms with E-state index in [0.717, 1.165) is 0 Å². The molecule has 0 spiro atoms. The molecule has 0 radical (unpaired) electrons. The summed E-state index contributed by atoms with van der Waals surface area (Å²) < 4.78 is 28.8. The summed E-state index contributed by atoms with van der Waals surface area (Å²) in [5.41, 5.74) is 0.937. The molecule has 0 aliphatic carbocycles. The van der Waals surface area contributed by atoms with Gasteiger partial charge in [0.25, 0.3) is 0 Å². The zero-order valence-electron chi connectivity index (χ0n) is 10.5. The summed E-state index contributed by atoms with van der Waals surface area (Å²) in [6, 6.07) is 6.72. The number of carbonyl (C=O) groups is 1. The van der Waals surface area contributed by atoms with Gasteiger partial charge in [-0.05, 0) is 25.5 Å². The fourth-order valence-electron chi connectivity index (χ4n) is 1.38. The monoisotopic (exact) mass is 268 g/mol. The standard InChI is InChI=1S/C13H16O4S/c1-10(2)13(14)17-8-9-18(15,16)12-7-5-4-6-11(12)3/h4-7H,1,8-9H2,2-3H3. The number of hydrogen-bond acceptors (Lipinski definition) is 4. The Morgan fingerprint density at radius 2 is 1.94 bits per heavy atom. The molecule has 98 valence electrons. The molecule has 0 aliphatic heterocycles. The quantitative estimate of drug-likeness (QED) is 0.604. The van der Waals surface area contributed by atoms with E-state index in [2.05, 4.69) is 6.58 Å². The maximum Gasteiger partial charge on any atom is 0.333 e. The normalized spacial score (nSPS) is 11.0. The van der Waals surface area contributed by atoms with E-state index in [0.29, 0.717) is 5.56 Å². The van der Waals surface area contributed by atoms with Crippen LogP contribution in [-0.4, -0.2) is 26.7 Å². The lowest BCUT2D eigenvalue weighted by Crippen LogP contribution is -2.16. The van der Waals surface area contributed by atoms with Crippen LogP contribution in [0.25, 0.3) is 0 Å². The SMILES string of the molecule is C=C(C)C(=O)OCCS(=O)(=O)c1ccccc1C. The Morgan fingerprint density at radius 1 is 1.33 bits per heavy atom. The maximum atomic E-state index is 12.0. The molecule has 0 atom stereocenters. The highest BCUT2D eigenvalue weighted by Crippen LogP contribution is 2.15. The van der Waals surface area contributed by atoms with E-state index in [9.17, 15) is 13.2 Å². The molecule has 1 aromatic rings. The van der Waals surface area contributed by atoms with Crippen LogP contribution in [0.15, 0.2) is 41.3 Å². The third-order valence-electron chi connectivity index (χ3n) is 2.36. The number of benzene rings is 1. The molecule has 0 saturated heterocycles. The topological polar surface area (TPSA) is 60.4 Å². The molecule has 0 unspecified atom stereocenters. The van der Waals surface area contributed by atoms with Crippen LogP contribution in [0.5, 0.6) is 0 Å². The summed E-state index contributed by atoms with van der Waals surface area (Å²) >= 11 is 0. The van der Waals surface area contributed by atoms with E-state index in [1.165, 1.54) is 6.92 Å². The second-order valence-electron chi connectivity index (χ2n) is 4.00. The average molecular weight is 268 g/mol. The molecule has 0 fully saturated rings. The second kappa shape index (κ2) is 5.82. The number of carbonyl (C=O) groups excluding carboxylic acids is 1. The van der Waals surface area contributed by atoms with Crippen molar-refractivity contribution in [3.8, 4) is 0 Å². The highest BCUT2D eigenvalue weighted by molar-refractivity contribution is 7.91. The van der Waals surface area contributed by atoms with Crippen molar-refractivity contribution in [2.75, 3.05) is 12.4 Å². The van der Waals surface area contributed by atoms with Crippen LogP contribution in [0.3, 0.4) is 0 Å². The molecule has 5 heteroatoms. The van der Waals surface area contributed by atoms with Crippen molar-refractivity contribution in [2.45, 2.75) is 18.7 Å². The molecule has 0 amide bonds. The minimum absolute atomic E-state index is 0.164. The molecule has 0 saturated carbocycles. The first-order valence-electron chi connectivity index (χ1n) is 5.45. The van der Waals surface area contributed by atoms with Gasteiger partial charge in [0.2, 0.25) is 0 Å². The van der Waals surface area contributed by atoms with Crippen LogP contribution in [0.1, 0.15) is 12.5 Å². The molecule has 18 heavy (non-hydrogen) atoms. The van der Waals surface area contributed by atoms with E-state index in [4.69, 9.17) is 4.74 Å². The summed E-state index contributed by atoms with van der Waals surface area (Å²) in [6.45, 7) is 6.50. The minimum Gasteiger partial charge on any atom is -0.461 e. The first kappa shape index (κ1) is 14.4. The van der Waals surface area contributed by atoms with Crippen molar-refractivity contribution in [3.63, 3.8) is 0 Å². The molecule has 0 bridgehead atoms. The largest absolute Gasteiger partial charge is 0.461 e.